The third-order valence-corrected chi connectivity index (χ3v) is 3.71. The van der Waals surface area contributed by atoms with Crippen LogP contribution in [0, 0.1) is 17.8 Å². The van der Waals surface area contributed by atoms with Crippen molar-refractivity contribution in [3.63, 3.8) is 0 Å². The van der Waals surface area contributed by atoms with Crippen LogP contribution in [-0.2, 0) is 19.2 Å². The van der Waals surface area contributed by atoms with Gasteiger partial charge in [-0.15, -0.1) is 0 Å². The summed E-state index contributed by atoms with van der Waals surface area (Å²) in [5.41, 5.74) is 15.8. The number of amides is 3. The fourth-order valence-corrected chi connectivity index (χ4v) is 2.20. The van der Waals surface area contributed by atoms with Gasteiger partial charge in [-0.25, -0.2) is 5.90 Å². The highest BCUT2D eigenvalue weighted by molar-refractivity contribution is 5.80. The molecule has 0 aliphatic rings. The van der Waals surface area contributed by atoms with E-state index in [4.69, 9.17) is 27.9 Å². The molecule has 25 heavy (non-hydrogen) atoms. The molecular formula is C17H38N4O4. The smallest absolute Gasteiger partial charge is 0.220 e. The Bertz CT molecular complexity index is 378. The third kappa shape index (κ3) is 13.3. The number of nitrogens with two attached hydrogens (primary N) is 4. The Hall–Kier alpha value is -1.67. The van der Waals surface area contributed by atoms with Crippen molar-refractivity contribution in [3.05, 3.63) is 0 Å². The number of hydrogen-bond acceptors (Lipinski definition) is 5. The van der Waals surface area contributed by atoms with E-state index in [1.807, 2.05) is 34.6 Å². The summed E-state index contributed by atoms with van der Waals surface area (Å²) in [7, 11) is 0. The van der Waals surface area contributed by atoms with E-state index in [2.05, 4.69) is 0 Å². The first-order valence-corrected chi connectivity index (χ1v) is 8.96. The van der Waals surface area contributed by atoms with E-state index >= 15 is 0 Å². The number of carbonyl (C=O) groups excluding carboxylic acids is 3. The zero-order valence-electron chi connectivity index (χ0n) is 16.6. The fraction of sp³-hybridized carbons (Fsp3) is 0.824. The minimum atomic E-state index is -0.605. The van der Waals surface area contributed by atoms with Crippen LogP contribution in [0.4, 0.5) is 0 Å². The number of rotatable bonds is 11. The summed E-state index contributed by atoms with van der Waals surface area (Å²) in [6.07, 6.45) is 0.746. The standard InChI is InChI=1S/C13H26N4O4.2C2H6/c1-3-8(12(15)19)5-10(21-17)6-9(13(16)20)4-7(2)11(14)18;2*1-2/h7-10H,3-6,17H2,1-2H3,(H2,14,18)(H2,15,19)(H2,16,20);2*1-2H3. The monoisotopic (exact) mass is 362 g/mol. The molecule has 8 nitrogen and oxygen atoms in total. The molecule has 0 spiro atoms. The van der Waals surface area contributed by atoms with E-state index in [0.29, 0.717) is 12.8 Å². The van der Waals surface area contributed by atoms with Crippen molar-refractivity contribution in [2.45, 2.75) is 73.3 Å². The Morgan fingerprint density at radius 2 is 1.20 bits per heavy atom. The molecule has 8 heteroatoms. The summed E-state index contributed by atoms with van der Waals surface area (Å²) in [6.45, 7) is 11.4. The second-order valence-corrected chi connectivity index (χ2v) is 5.38. The van der Waals surface area contributed by atoms with Crippen molar-refractivity contribution < 1.29 is 19.2 Å². The van der Waals surface area contributed by atoms with E-state index in [0.717, 1.165) is 0 Å². The molecule has 4 unspecified atom stereocenters. The molecule has 0 radical (unpaired) electrons. The average Bonchev–Trinajstić information content (AvgIpc) is 2.60. The maximum Gasteiger partial charge on any atom is 0.220 e. The van der Waals surface area contributed by atoms with Gasteiger partial charge in [-0.05, 0) is 25.7 Å². The Kier molecular flexibility index (Phi) is 19.3. The van der Waals surface area contributed by atoms with Gasteiger partial charge in [0.05, 0.1) is 6.10 Å². The van der Waals surface area contributed by atoms with Crippen LogP contribution in [0.15, 0.2) is 0 Å². The first kappa shape index (κ1) is 28.1. The molecule has 0 aromatic rings. The van der Waals surface area contributed by atoms with Crippen LogP contribution in [0.3, 0.4) is 0 Å². The normalized spacial score (nSPS) is 14.5. The molecule has 8 N–H and O–H groups in total. The zero-order valence-corrected chi connectivity index (χ0v) is 16.6. The van der Waals surface area contributed by atoms with Gasteiger partial charge >= 0.3 is 0 Å². The van der Waals surface area contributed by atoms with Gasteiger partial charge in [-0.3, -0.25) is 14.4 Å². The molecule has 0 saturated carbocycles. The molecule has 0 heterocycles. The van der Waals surface area contributed by atoms with Crippen molar-refractivity contribution in [1.82, 2.24) is 0 Å². The van der Waals surface area contributed by atoms with Crippen molar-refractivity contribution in [2.24, 2.45) is 40.9 Å². The first-order valence-electron chi connectivity index (χ1n) is 8.96. The minimum Gasteiger partial charge on any atom is -0.369 e. The molecule has 0 rings (SSSR count). The lowest BCUT2D eigenvalue weighted by Gasteiger charge is -2.23. The molecule has 0 aliphatic carbocycles. The second-order valence-electron chi connectivity index (χ2n) is 5.38. The highest BCUT2D eigenvalue weighted by Gasteiger charge is 2.28. The lowest BCUT2D eigenvalue weighted by atomic mass is 9.87. The summed E-state index contributed by atoms with van der Waals surface area (Å²) < 4.78 is 0. The van der Waals surface area contributed by atoms with Crippen LogP contribution in [-0.4, -0.2) is 23.8 Å². The predicted molar refractivity (Wildman–Crippen MR) is 99.6 cm³/mol. The summed E-state index contributed by atoms with van der Waals surface area (Å²) in [5.74, 6) is 2.23. The van der Waals surface area contributed by atoms with Gasteiger partial charge in [-0.2, -0.15) is 0 Å². The van der Waals surface area contributed by atoms with Crippen LogP contribution in [0.25, 0.3) is 0 Å². The topological polar surface area (TPSA) is 165 Å². The summed E-state index contributed by atoms with van der Waals surface area (Å²) >= 11 is 0. The van der Waals surface area contributed by atoms with Gasteiger partial charge in [-0.1, -0.05) is 41.5 Å². The quantitative estimate of drug-likeness (QED) is 0.405. The highest BCUT2D eigenvalue weighted by atomic mass is 16.6. The maximum absolute atomic E-state index is 11.5. The van der Waals surface area contributed by atoms with E-state index in [9.17, 15) is 14.4 Å². The van der Waals surface area contributed by atoms with Crippen molar-refractivity contribution in [2.75, 3.05) is 0 Å². The van der Waals surface area contributed by atoms with Gasteiger partial charge in [0.1, 0.15) is 0 Å². The molecule has 0 aromatic carbocycles. The number of carbonyl (C=O) groups is 3. The largest absolute Gasteiger partial charge is 0.369 e. The van der Waals surface area contributed by atoms with Gasteiger partial charge in [0.15, 0.2) is 0 Å². The second kappa shape index (κ2) is 17.2. The van der Waals surface area contributed by atoms with E-state index < -0.39 is 35.7 Å². The summed E-state index contributed by atoms with van der Waals surface area (Å²) in [4.78, 5) is 38.6. The Labute approximate surface area is 152 Å². The Balaban J connectivity index is -0.00000112. The Morgan fingerprint density at radius 3 is 1.48 bits per heavy atom. The molecule has 0 saturated heterocycles. The maximum atomic E-state index is 11.5. The predicted octanol–water partition coefficient (Wildman–Crippen LogP) is 1.20. The van der Waals surface area contributed by atoms with Gasteiger partial charge in [0, 0.05) is 17.8 Å². The lowest BCUT2D eigenvalue weighted by molar-refractivity contribution is -0.126. The van der Waals surface area contributed by atoms with Crippen LogP contribution in [0.2, 0.25) is 0 Å². The van der Waals surface area contributed by atoms with Crippen LogP contribution in [0.1, 0.15) is 67.2 Å². The number of primary amides is 3. The van der Waals surface area contributed by atoms with Crippen molar-refractivity contribution in [3.8, 4) is 0 Å². The van der Waals surface area contributed by atoms with Crippen LogP contribution >= 0.6 is 0 Å². The molecular weight excluding hydrogens is 324 g/mol. The molecule has 150 valence electrons. The van der Waals surface area contributed by atoms with Crippen LogP contribution in [0.5, 0.6) is 0 Å². The number of hydrogen-bond donors (Lipinski definition) is 4. The van der Waals surface area contributed by atoms with Gasteiger partial charge < -0.3 is 22.0 Å². The third-order valence-electron chi connectivity index (χ3n) is 3.71. The van der Waals surface area contributed by atoms with E-state index in [1.54, 1.807) is 6.92 Å². The van der Waals surface area contributed by atoms with Gasteiger partial charge in [0.25, 0.3) is 0 Å². The Morgan fingerprint density at radius 1 is 0.800 bits per heavy atom. The molecule has 0 aliphatic heterocycles. The minimum absolute atomic E-state index is 0.216. The molecule has 0 bridgehead atoms. The summed E-state index contributed by atoms with van der Waals surface area (Å²) in [5, 5.41) is 0. The van der Waals surface area contributed by atoms with Crippen LogP contribution < -0.4 is 23.1 Å². The zero-order chi connectivity index (χ0) is 20.6. The van der Waals surface area contributed by atoms with E-state index in [-0.39, 0.29) is 18.8 Å². The van der Waals surface area contributed by atoms with Crippen molar-refractivity contribution in [1.29, 1.82) is 0 Å². The fourth-order valence-electron chi connectivity index (χ4n) is 2.20. The molecule has 0 fully saturated rings. The molecule has 4 atom stereocenters. The first-order chi connectivity index (χ1) is 11.7. The molecule has 0 aromatic heterocycles. The van der Waals surface area contributed by atoms with Crippen molar-refractivity contribution >= 4 is 17.7 Å². The SMILES string of the molecule is CC.CC.CCC(CC(CC(CC(C)C(N)=O)C(N)=O)ON)C(N)=O. The summed E-state index contributed by atoms with van der Waals surface area (Å²) in [6, 6.07) is 0. The molecule has 3 amide bonds. The van der Waals surface area contributed by atoms with E-state index in [1.165, 1.54) is 0 Å². The highest BCUT2D eigenvalue weighted by Crippen LogP contribution is 2.22. The lowest BCUT2D eigenvalue weighted by Crippen LogP contribution is -2.35. The van der Waals surface area contributed by atoms with Gasteiger partial charge in [0.2, 0.25) is 17.7 Å². The average molecular weight is 363 g/mol.